The summed E-state index contributed by atoms with van der Waals surface area (Å²) in [4.78, 5) is 7.85. The molecule has 0 amide bonds. The van der Waals surface area contributed by atoms with Gasteiger partial charge in [0.05, 0.1) is 10.5 Å². The van der Waals surface area contributed by atoms with Crippen molar-refractivity contribution < 1.29 is 0 Å². The fourth-order valence-electron chi connectivity index (χ4n) is 2.21. The minimum atomic E-state index is 0.701. The smallest absolute Gasteiger partial charge is 0.107 e. The number of fused-ring (bicyclic) bond motifs is 1. The monoisotopic (exact) mass is 285 g/mol. The Morgan fingerprint density at radius 1 is 1.05 bits per heavy atom. The molecule has 3 nitrogen and oxygen atoms in total. The zero-order valence-electron chi connectivity index (χ0n) is 11.1. The average Bonchev–Trinajstić information content (AvgIpc) is 2.89. The highest BCUT2D eigenvalue weighted by atomic mass is 35.5. The predicted molar refractivity (Wildman–Crippen MR) is 84.4 cm³/mol. The molecule has 2 N–H and O–H groups in total. The minimum Gasteiger partial charge on any atom is -0.385 e. The van der Waals surface area contributed by atoms with Crippen molar-refractivity contribution in [3.05, 3.63) is 59.4 Å². The number of rotatable bonds is 5. The molecule has 0 fully saturated rings. The number of aromatic amines is 1. The lowest BCUT2D eigenvalue weighted by Gasteiger charge is -2.04. The summed E-state index contributed by atoms with van der Waals surface area (Å²) in [6, 6.07) is 16.0. The molecule has 102 valence electrons. The number of H-pyrrole nitrogens is 1. The normalized spacial score (nSPS) is 10.8. The summed E-state index contributed by atoms with van der Waals surface area (Å²) < 4.78 is 0. The maximum absolute atomic E-state index is 6.12. The van der Waals surface area contributed by atoms with Gasteiger partial charge in [-0.2, -0.15) is 0 Å². The van der Waals surface area contributed by atoms with E-state index in [4.69, 9.17) is 11.6 Å². The number of para-hydroxylation sites is 2. The molecule has 0 saturated carbocycles. The number of hydrogen-bond acceptors (Lipinski definition) is 2. The summed E-state index contributed by atoms with van der Waals surface area (Å²) in [6.45, 7) is 0.925. The molecule has 1 heterocycles. The van der Waals surface area contributed by atoms with Crippen molar-refractivity contribution in [2.75, 3.05) is 11.9 Å². The number of benzene rings is 2. The summed E-state index contributed by atoms with van der Waals surface area (Å²) in [7, 11) is 0. The van der Waals surface area contributed by atoms with Crippen LogP contribution in [0, 0.1) is 0 Å². The van der Waals surface area contributed by atoms with E-state index in [-0.39, 0.29) is 0 Å². The van der Waals surface area contributed by atoms with Crippen molar-refractivity contribution in [1.29, 1.82) is 0 Å². The number of imidazole rings is 1. The number of aromatic nitrogens is 2. The van der Waals surface area contributed by atoms with Crippen molar-refractivity contribution in [2.24, 2.45) is 0 Å². The average molecular weight is 286 g/mol. The highest BCUT2D eigenvalue weighted by Gasteiger charge is 2.05. The molecule has 0 unspecified atom stereocenters. The van der Waals surface area contributed by atoms with Crippen LogP contribution in [-0.2, 0) is 6.42 Å². The van der Waals surface area contributed by atoms with Crippen LogP contribution in [0.15, 0.2) is 48.5 Å². The van der Waals surface area contributed by atoms with Crippen LogP contribution in [0.25, 0.3) is 11.0 Å². The molecule has 0 radical (unpaired) electrons. The molecule has 3 rings (SSSR count). The highest BCUT2D eigenvalue weighted by molar-refractivity contribution is 6.34. The summed E-state index contributed by atoms with van der Waals surface area (Å²) in [5.74, 6) is 0.989. The van der Waals surface area contributed by atoms with Crippen LogP contribution < -0.4 is 5.32 Å². The van der Waals surface area contributed by atoms with Gasteiger partial charge in [-0.05, 0) is 30.7 Å². The first-order chi connectivity index (χ1) is 9.83. The molecular weight excluding hydrogens is 270 g/mol. The lowest BCUT2D eigenvalue weighted by atomic mass is 10.2. The standard InChI is InChI=1S/C16H16ClN3/c17-13-8-4-9-14-16(13)20-15(19-14)10-5-11-18-12-6-2-1-3-7-12/h1-4,6-9,18H,5,10-11H2,(H,19,20). The van der Waals surface area contributed by atoms with Gasteiger partial charge in [-0.1, -0.05) is 35.9 Å². The van der Waals surface area contributed by atoms with Crippen molar-refractivity contribution in [3.8, 4) is 0 Å². The van der Waals surface area contributed by atoms with Crippen molar-refractivity contribution in [1.82, 2.24) is 9.97 Å². The molecule has 0 aliphatic rings. The number of aryl methyl sites for hydroxylation is 1. The second-order valence-corrected chi connectivity index (χ2v) is 5.12. The molecule has 0 aliphatic heterocycles. The van der Waals surface area contributed by atoms with Gasteiger partial charge in [0.2, 0.25) is 0 Å². The van der Waals surface area contributed by atoms with Gasteiger partial charge in [0.1, 0.15) is 11.3 Å². The third-order valence-corrected chi connectivity index (χ3v) is 3.51. The van der Waals surface area contributed by atoms with E-state index in [0.717, 1.165) is 41.9 Å². The maximum atomic E-state index is 6.12. The van der Waals surface area contributed by atoms with Crippen LogP contribution in [-0.4, -0.2) is 16.5 Å². The Labute approximate surface area is 123 Å². The molecule has 3 aromatic rings. The van der Waals surface area contributed by atoms with Crippen LogP contribution >= 0.6 is 11.6 Å². The van der Waals surface area contributed by atoms with Gasteiger partial charge >= 0.3 is 0 Å². The Balaban J connectivity index is 1.56. The topological polar surface area (TPSA) is 40.7 Å². The Bertz CT molecular complexity index is 691. The second kappa shape index (κ2) is 5.97. The van der Waals surface area contributed by atoms with Crippen LogP contribution in [0.2, 0.25) is 5.02 Å². The van der Waals surface area contributed by atoms with Crippen LogP contribution in [0.3, 0.4) is 0 Å². The zero-order valence-corrected chi connectivity index (χ0v) is 11.8. The van der Waals surface area contributed by atoms with E-state index in [1.165, 1.54) is 0 Å². The molecule has 2 aromatic carbocycles. The fourth-order valence-corrected chi connectivity index (χ4v) is 2.43. The van der Waals surface area contributed by atoms with Gasteiger partial charge in [0.15, 0.2) is 0 Å². The minimum absolute atomic E-state index is 0.701. The number of nitrogens with zero attached hydrogens (tertiary/aromatic N) is 1. The fraction of sp³-hybridized carbons (Fsp3) is 0.188. The van der Waals surface area contributed by atoms with Gasteiger partial charge in [-0.15, -0.1) is 0 Å². The van der Waals surface area contributed by atoms with Gasteiger partial charge < -0.3 is 10.3 Å². The number of nitrogens with one attached hydrogen (secondary N) is 2. The van der Waals surface area contributed by atoms with Gasteiger partial charge in [0.25, 0.3) is 0 Å². The first-order valence-electron chi connectivity index (χ1n) is 6.75. The van der Waals surface area contributed by atoms with E-state index in [1.54, 1.807) is 0 Å². The third-order valence-electron chi connectivity index (χ3n) is 3.21. The molecule has 4 heteroatoms. The van der Waals surface area contributed by atoms with Gasteiger partial charge in [0, 0.05) is 18.7 Å². The van der Waals surface area contributed by atoms with Crippen molar-refractivity contribution in [2.45, 2.75) is 12.8 Å². The van der Waals surface area contributed by atoms with E-state index in [0.29, 0.717) is 5.02 Å². The van der Waals surface area contributed by atoms with Crippen LogP contribution in [0.4, 0.5) is 5.69 Å². The Morgan fingerprint density at radius 2 is 1.90 bits per heavy atom. The Hall–Kier alpha value is -2.00. The molecule has 0 bridgehead atoms. The number of halogens is 1. The molecule has 0 aliphatic carbocycles. The van der Waals surface area contributed by atoms with Crippen molar-refractivity contribution in [3.63, 3.8) is 0 Å². The predicted octanol–water partition coefficient (Wildman–Crippen LogP) is 4.26. The lowest BCUT2D eigenvalue weighted by molar-refractivity contribution is 0.820. The molecule has 0 spiro atoms. The maximum Gasteiger partial charge on any atom is 0.107 e. The van der Waals surface area contributed by atoms with E-state index in [2.05, 4.69) is 27.4 Å². The first-order valence-corrected chi connectivity index (χ1v) is 7.13. The Kier molecular flexibility index (Phi) is 3.88. The zero-order chi connectivity index (χ0) is 13.8. The summed E-state index contributed by atoms with van der Waals surface area (Å²) >= 11 is 6.12. The first kappa shape index (κ1) is 13.0. The van der Waals surface area contributed by atoms with E-state index >= 15 is 0 Å². The molecular formula is C16H16ClN3. The van der Waals surface area contributed by atoms with Crippen LogP contribution in [0.5, 0.6) is 0 Å². The third kappa shape index (κ3) is 2.94. The molecule has 0 atom stereocenters. The largest absolute Gasteiger partial charge is 0.385 e. The second-order valence-electron chi connectivity index (χ2n) is 4.72. The lowest BCUT2D eigenvalue weighted by Crippen LogP contribution is -2.03. The Morgan fingerprint density at radius 3 is 2.70 bits per heavy atom. The molecule has 20 heavy (non-hydrogen) atoms. The summed E-state index contributed by atoms with van der Waals surface area (Å²) in [5, 5.41) is 4.09. The van der Waals surface area contributed by atoms with E-state index < -0.39 is 0 Å². The molecule has 0 saturated heterocycles. The van der Waals surface area contributed by atoms with E-state index in [9.17, 15) is 0 Å². The summed E-state index contributed by atoms with van der Waals surface area (Å²) in [5.41, 5.74) is 3.02. The van der Waals surface area contributed by atoms with E-state index in [1.807, 2.05) is 36.4 Å². The summed E-state index contributed by atoms with van der Waals surface area (Å²) in [6.07, 6.45) is 1.93. The number of hydrogen-bond donors (Lipinski definition) is 2. The quantitative estimate of drug-likeness (QED) is 0.688. The van der Waals surface area contributed by atoms with Crippen molar-refractivity contribution >= 4 is 28.3 Å². The van der Waals surface area contributed by atoms with Gasteiger partial charge in [-0.3, -0.25) is 0 Å². The van der Waals surface area contributed by atoms with Gasteiger partial charge in [-0.25, -0.2) is 4.98 Å². The van der Waals surface area contributed by atoms with Crippen LogP contribution in [0.1, 0.15) is 12.2 Å². The highest BCUT2D eigenvalue weighted by Crippen LogP contribution is 2.21. The molecule has 1 aromatic heterocycles. The number of anilines is 1. The SMILES string of the molecule is Clc1cccc2[nH]c(CCCNc3ccccc3)nc12.